The number of benzene rings is 1. The molecule has 1 fully saturated rings. The summed E-state index contributed by atoms with van der Waals surface area (Å²) in [6, 6.07) is 7.61. The van der Waals surface area contributed by atoms with Crippen molar-refractivity contribution >= 4 is 20.9 Å². The Morgan fingerprint density at radius 2 is 1.81 bits per heavy atom. The zero-order valence-electron chi connectivity index (χ0n) is 12.3. The molecule has 0 amide bonds. The molecule has 0 atom stereocenters. The summed E-state index contributed by atoms with van der Waals surface area (Å²) in [6.07, 6.45) is 5.01. The monoisotopic (exact) mass is 307 g/mol. The highest BCUT2D eigenvalue weighted by Crippen LogP contribution is 2.20. The molecule has 3 rings (SSSR count). The number of nitrogens with zero attached hydrogens (tertiary/aromatic N) is 3. The van der Waals surface area contributed by atoms with Crippen molar-refractivity contribution in [3.8, 4) is 0 Å². The van der Waals surface area contributed by atoms with Gasteiger partial charge in [0, 0.05) is 19.3 Å². The highest BCUT2D eigenvalue weighted by Gasteiger charge is 2.20. The molecule has 1 aliphatic heterocycles. The van der Waals surface area contributed by atoms with Crippen LogP contribution in [0.25, 0.3) is 11.0 Å². The van der Waals surface area contributed by atoms with E-state index in [0.29, 0.717) is 6.54 Å². The first-order valence-electron chi connectivity index (χ1n) is 7.43. The Bertz CT molecular complexity index is 730. The van der Waals surface area contributed by atoms with Crippen LogP contribution in [0.1, 0.15) is 19.3 Å². The average Bonchev–Trinajstić information content (AvgIpc) is 2.85. The quantitative estimate of drug-likeness (QED) is 0.866. The average molecular weight is 307 g/mol. The molecule has 0 N–H and O–H groups in total. The summed E-state index contributed by atoms with van der Waals surface area (Å²) in [5, 5.41) is 0.181. The summed E-state index contributed by atoms with van der Waals surface area (Å²) in [4.78, 5) is 6.71. The topological polar surface area (TPSA) is 55.2 Å². The fourth-order valence-electron chi connectivity index (χ4n) is 2.98. The van der Waals surface area contributed by atoms with Gasteiger partial charge in [-0.2, -0.15) is 0 Å². The van der Waals surface area contributed by atoms with Crippen LogP contribution < -0.4 is 0 Å². The third-order valence-corrected chi connectivity index (χ3v) is 5.01. The van der Waals surface area contributed by atoms with Crippen LogP contribution in [0.3, 0.4) is 0 Å². The van der Waals surface area contributed by atoms with Gasteiger partial charge < -0.3 is 9.47 Å². The lowest BCUT2D eigenvalue weighted by Crippen LogP contribution is -2.33. The molecule has 0 radical (unpaired) electrons. The zero-order valence-corrected chi connectivity index (χ0v) is 13.1. The van der Waals surface area contributed by atoms with Crippen LogP contribution in [-0.2, 0) is 16.4 Å². The highest BCUT2D eigenvalue weighted by molar-refractivity contribution is 7.90. The van der Waals surface area contributed by atoms with E-state index in [-0.39, 0.29) is 5.16 Å². The molecule has 1 saturated heterocycles. The minimum absolute atomic E-state index is 0.181. The fourth-order valence-corrected chi connectivity index (χ4v) is 3.83. The molecule has 1 aromatic carbocycles. The van der Waals surface area contributed by atoms with Crippen LogP contribution in [0.15, 0.2) is 29.4 Å². The van der Waals surface area contributed by atoms with Gasteiger partial charge in [0.2, 0.25) is 15.0 Å². The van der Waals surface area contributed by atoms with E-state index in [1.165, 1.54) is 25.5 Å². The summed E-state index contributed by atoms with van der Waals surface area (Å²) in [5.74, 6) is 0. The number of rotatable bonds is 4. The Morgan fingerprint density at radius 3 is 2.52 bits per heavy atom. The Hall–Kier alpha value is -1.40. The van der Waals surface area contributed by atoms with Crippen molar-refractivity contribution in [2.24, 2.45) is 0 Å². The van der Waals surface area contributed by atoms with Gasteiger partial charge in [-0.15, -0.1) is 0 Å². The molecule has 0 bridgehead atoms. The van der Waals surface area contributed by atoms with Gasteiger partial charge in [-0.05, 0) is 38.1 Å². The Balaban J connectivity index is 1.91. The molecule has 5 nitrogen and oxygen atoms in total. The molecular weight excluding hydrogens is 286 g/mol. The van der Waals surface area contributed by atoms with Crippen molar-refractivity contribution in [1.29, 1.82) is 0 Å². The summed E-state index contributed by atoms with van der Waals surface area (Å²) >= 11 is 0. The van der Waals surface area contributed by atoms with E-state index in [1.807, 2.05) is 28.8 Å². The van der Waals surface area contributed by atoms with Crippen LogP contribution in [0, 0.1) is 0 Å². The lowest BCUT2D eigenvalue weighted by molar-refractivity contribution is 0.219. The second-order valence-electron chi connectivity index (χ2n) is 5.71. The number of piperidine rings is 1. The first-order chi connectivity index (χ1) is 10.1. The standard InChI is InChI=1S/C15H21N3O2S/c1-21(19,20)15-16-13-7-3-4-8-14(13)18(15)12-11-17-9-5-2-6-10-17/h3-4,7-8H,2,5-6,9-12H2,1H3. The van der Waals surface area contributed by atoms with Crippen LogP contribution >= 0.6 is 0 Å². The number of sulfone groups is 1. The van der Waals surface area contributed by atoms with Gasteiger partial charge in [0.05, 0.1) is 11.0 Å². The Labute approximate surface area is 125 Å². The number of fused-ring (bicyclic) bond motifs is 1. The molecule has 6 heteroatoms. The zero-order chi connectivity index (χ0) is 14.9. The van der Waals surface area contributed by atoms with Crippen LogP contribution in [0.4, 0.5) is 0 Å². The van der Waals surface area contributed by atoms with Crippen LogP contribution in [-0.4, -0.2) is 48.8 Å². The minimum Gasteiger partial charge on any atom is -0.314 e. The van der Waals surface area contributed by atoms with Crippen LogP contribution in [0.2, 0.25) is 0 Å². The number of para-hydroxylation sites is 2. The van der Waals surface area contributed by atoms with Gasteiger partial charge in [0.15, 0.2) is 0 Å². The molecule has 114 valence electrons. The first kappa shape index (κ1) is 14.5. The Kier molecular flexibility index (Phi) is 3.99. The summed E-state index contributed by atoms with van der Waals surface area (Å²) in [6.45, 7) is 3.77. The fraction of sp³-hybridized carbons (Fsp3) is 0.533. The van der Waals surface area contributed by atoms with Gasteiger partial charge >= 0.3 is 0 Å². The van der Waals surface area contributed by atoms with Gasteiger partial charge in [0.1, 0.15) is 0 Å². The maximum absolute atomic E-state index is 12.0. The second kappa shape index (κ2) is 5.77. The maximum atomic E-state index is 12.0. The summed E-state index contributed by atoms with van der Waals surface area (Å²) in [5.41, 5.74) is 1.64. The van der Waals surface area contributed by atoms with Crippen LogP contribution in [0.5, 0.6) is 0 Å². The Morgan fingerprint density at radius 1 is 1.10 bits per heavy atom. The van der Waals surface area contributed by atoms with Gasteiger partial charge in [0.25, 0.3) is 0 Å². The van der Waals surface area contributed by atoms with E-state index < -0.39 is 9.84 Å². The van der Waals surface area contributed by atoms with E-state index in [0.717, 1.165) is 30.7 Å². The number of hydrogen-bond donors (Lipinski definition) is 0. The number of hydrogen-bond acceptors (Lipinski definition) is 4. The molecule has 0 saturated carbocycles. The molecule has 21 heavy (non-hydrogen) atoms. The SMILES string of the molecule is CS(=O)(=O)c1nc2ccccc2n1CCN1CCCCC1. The van der Waals surface area contributed by atoms with Crippen molar-refractivity contribution in [3.05, 3.63) is 24.3 Å². The van der Waals surface area contributed by atoms with Gasteiger partial charge in [-0.1, -0.05) is 18.6 Å². The highest BCUT2D eigenvalue weighted by atomic mass is 32.2. The normalized spacial score (nSPS) is 17.4. The molecule has 1 aromatic heterocycles. The largest absolute Gasteiger partial charge is 0.314 e. The third-order valence-electron chi connectivity index (χ3n) is 4.04. The number of imidazole rings is 1. The predicted molar refractivity (Wildman–Crippen MR) is 83.1 cm³/mol. The third kappa shape index (κ3) is 3.11. The van der Waals surface area contributed by atoms with E-state index >= 15 is 0 Å². The predicted octanol–water partition coefficient (Wildman–Crippen LogP) is 1.93. The maximum Gasteiger partial charge on any atom is 0.228 e. The number of aromatic nitrogens is 2. The minimum atomic E-state index is -3.31. The van der Waals surface area contributed by atoms with Gasteiger partial charge in [-0.25, -0.2) is 13.4 Å². The smallest absolute Gasteiger partial charge is 0.228 e. The van der Waals surface area contributed by atoms with Crippen molar-refractivity contribution < 1.29 is 8.42 Å². The van der Waals surface area contributed by atoms with E-state index in [9.17, 15) is 8.42 Å². The second-order valence-corrected chi connectivity index (χ2v) is 7.62. The molecule has 0 unspecified atom stereocenters. The molecule has 2 aromatic rings. The van der Waals surface area contributed by atoms with Crippen molar-refractivity contribution in [2.45, 2.75) is 31.0 Å². The lowest BCUT2D eigenvalue weighted by atomic mass is 10.1. The van der Waals surface area contributed by atoms with Crippen molar-refractivity contribution in [1.82, 2.24) is 14.5 Å². The summed E-state index contributed by atoms with van der Waals surface area (Å²) in [7, 11) is -3.31. The van der Waals surface area contributed by atoms with E-state index in [1.54, 1.807) is 0 Å². The molecule has 0 aliphatic carbocycles. The molecular formula is C15H21N3O2S. The van der Waals surface area contributed by atoms with Crippen molar-refractivity contribution in [2.75, 3.05) is 25.9 Å². The lowest BCUT2D eigenvalue weighted by Gasteiger charge is -2.26. The first-order valence-corrected chi connectivity index (χ1v) is 9.32. The molecule has 0 spiro atoms. The van der Waals surface area contributed by atoms with Gasteiger partial charge in [-0.3, -0.25) is 0 Å². The summed E-state index contributed by atoms with van der Waals surface area (Å²) < 4.78 is 25.8. The van der Waals surface area contributed by atoms with Crippen molar-refractivity contribution in [3.63, 3.8) is 0 Å². The molecule has 1 aliphatic rings. The van der Waals surface area contributed by atoms with E-state index in [4.69, 9.17) is 0 Å². The number of likely N-dealkylation sites (tertiary alicyclic amines) is 1. The molecule has 2 heterocycles. The van der Waals surface area contributed by atoms with E-state index in [2.05, 4.69) is 9.88 Å².